The molecule has 0 aliphatic rings. The van der Waals surface area contributed by atoms with Gasteiger partial charge in [-0.15, -0.1) is 10.2 Å². The predicted molar refractivity (Wildman–Crippen MR) is 99.3 cm³/mol. The first kappa shape index (κ1) is 17.2. The van der Waals surface area contributed by atoms with Gasteiger partial charge in [0.15, 0.2) is 11.5 Å². The van der Waals surface area contributed by atoms with E-state index < -0.39 is 0 Å². The third-order valence-electron chi connectivity index (χ3n) is 3.59. The van der Waals surface area contributed by atoms with Crippen LogP contribution in [-0.2, 0) is 0 Å². The van der Waals surface area contributed by atoms with Gasteiger partial charge in [-0.1, -0.05) is 6.07 Å². The third-order valence-corrected chi connectivity index (χ3v) is 3.59. The average molecular weight is 350 g/mol. The largest absolute Gasteiger partial charge is 0.497 e. The molecule has 1 heterocycles. The van der Waals surface area contributed by atoms with E-state index in [0.29, 0.717) is 17.3 Å². The molecular weight excluding hydrogens is 332 g/mol. The summed E-state index contributed by atoms with van der Waals surface area (Å²) >= 11 is 0. The summed E-state index contributed by atoms with van der Waals surface area (Å²) in [7, 11) is 3.18. The first-order chi connectivity index (χ1) is 12.7. The van der Waals surface area contributed by atoms with Gasteiger partial charge in [-0.2, -0.15) is 0 Å². The third kappa shape index (κ3) is 4.27. The molecule has 0 saturated heterocycles. The first-order valence-electron chi connectivity index (χ1n) is 7.88. The Balaban J connectivity index is 1.65. The lowest BCUT2D eigenvalue weighted by Gasteiger charge is -2.08. The summed E-state index contributed by atoms with van der Waals surface area (Å²) in [5.41, 5.74) is 1.68. The number of aromatic nitrogens is 2. The maximum atomic E-state index is 12.3. The summed E-state index contributed by atoms with van der Waals surface area (Å²) in [4.78, 5) is 12.3. The van der Waals surface area contributed by atoms with E-state index in [4.69, 9.17) is 9.47 Å². The summed E-state index contributed by atoms with van der Waals surface area (Å²) in [6, 6.07) is 17.8. The number of nitrogens with one attached hydrogen (secondary N) is 2. The fourth-order valence-electron chi connectivity index (χ4n) is 2.24. The molecule has 2 N–H and O–H groups in total. The quantitative estimate of drug-likeness (QED) is 0.708. The molecule has 0 unspecified atom stereocenters. The minimum atomic E-state index is -0.346. The van der Waals surface area contributed by atoms with Crippen molar-refractivity contribution < 1.29 is 14.3 Å². The molecule has 7 nitrogen and oxygen atoms in total. The van der Waals surface area contributed by atoms with Crippen molar-refractivity contribution in [1.82, 2.24) is 10.2 Å². The second kappa shape index (κ2) is 7.98. The lowest BCUT2D eigenvalue weighted by atomic mass is 10.2. The van der Waals surface area contributed by atoms with Crippen molar-refractivity contribution in [2.24, 2.45) is 0 Å². The number of hydrogen-bond donors (Lipinski definition) is 2. The highest BCUT2D eigenvalue weighted by atomic mass is 16.5. The Kier molecular flexibility index (Phi) is 5.28. The first-order valence-corrected chi connectivity index (χ1v) is 7.88. The van der Waals surface area contributed by atoms with Crippen molar-refractivity contribution in [2.75, 3.05) is 24.9 Å². The molecule has 1 aromatic heterocycles. The number of benzene rings is 2. The fourth-order valence-corrected chi connectivity index (χ4v) is 2.24. The van der Waals surface area contributed by atoms with Crippen LogP contribution in [0.2, 0.25) is 0 Å². The van der Waals surface area contributed by atoms with Crippen molar-refractivity contribution >= 4 is 23.1 Å². The van der Waals surface area contributed by atoms with Gasteiger partial charge in [-0.3, -0.25) is 4.79 Å². The van der Waals surface area contributed by atoms with Gasteiger partial charge in [0, 0.05) is 17.4 Å². The highest BCUT2D eigenvalue weighted by Crippen LogP contribution is 2.19. The summed E-state index contributed by atoms with van der Waals surface area (Å²) in [6.45, 7) is 0. The smallest absolute Gasteiger partial charge is 0.276 e. The molecule has 0 radical (unpaired) electrons. The highest BCUT2D eigenvalue weighted by Gasteiger charge is 2.09. The number of amides is 1. The topological polar surface area (TPSA) is 85.4 Å². The van der Waals surface area contributed by atoms with E-state index in [0.717, 1.165) is 11.4 Å². The lowest BCUT2D eigenvalue weighted by Crippen LogP contribution is -2.14. The van der Waals surface area contributed by atoms with Gasteiger partial charge < -0.3 is 20.1 Å². The predicted octanol–water partition coefficient (Wildman–Crippen LogP) is 3.49. The molecule has 0 aliphatic heterocycles. The molecule has 3 aromatic rings. The number of anilines is 3. The van der Waals surface area contributed by atoms with Crippen LogP contribution in [0.4, 0.5) is 17.2 Å². The van der Waals surface area contributed by atoms with Gasteiger partial charge in [-0.05, 0) is 48.5 Å². The Bertz CT molecular complexity index is 880. The second-order valence-electron chi connectivity index (χ2n) is 5.34. The Labute approximate surface area is 151 Å². The molecule has 7 heteroatoms. The van der Waals surface area contributed by atoms with E-state index in [1.807, 2.05) is 24.3 Å². The van der Waals surface area contributed by atoms with Gasteiger partial charge in [0.25, 0.3) is 5.91 Å². The van der Waals surface area contributed by atoms with Crippen LogP contribution in [0.25, 0.3) is 0 Å². The number of methoxy groups -OCH3 is 2. The molecular formula is C19H18N4O3. The lowest BCUT2D eigenvalue weighted by molar-refractivity contribution is 0.102. The summed E-state index contributed by atoms with van der Waals surface area (Å²) in [5, 5.41) is 13.9. The molecule has 2 aromatic carbocycles. The fraction of sp³-hybridized carbons (Fsp3) is 0.105. The van der Waals surface area contributed by atoms with Crippen LogP contribution in [0.5, 0.6) is 11.5 Å². The number of carbonyl (C=O) groups is 1. The van der Waals surface area contributed by atoms with Crippen molar-refractivity contribution in [3.8, 4) is 11.5 Å². The molecule has 132 valence electrons. The molecule has 0 aliphatic carbocycles. The minimum absolute atomic E-state index is 0.216. The molecule has 0 atom stereocenters. The molecule has 3 rings (SSSR count). The number of hydrogen-bond acceptors (Lipinski definition) is 6. The second-order valence-corrected chi connectivity index (χ2v) is 5.34. The SMILES string of the molecule is COc1ccc(Nc2ccc(C(=O)Nc3cccc(OC)c3)nn2)cc1. The van der Waals surface area contributed by atoms with Crippen molar-refractivity contribution in [2.45, 2.75) is 0 Å². The zero-order valence-corrected chi connectivity index (χ0v) is 14.4. The van der Waals surface area contributed by atoms with E-state index in [2.05, 4.69) is 20.8 Å². The van der Waals surface area contributed by atoms with Crippen molar-refractivity contribution in [1.29, 1.82) is 0 Å². The summed E-state index contributed by atoms with van der Waals surface area (Å²) in [5.74, 6) is 1.62. The standard InChI is InChI=1S/C19H18N4O3/c1-25-15-8-6-13(7-9-15)20-18-11-10-17(22-23-18)19(24)21-14-4-3-5-16(12-14)26-2/h3-12H,1-2H3,(H,20,23)(H,21,24). The van der Waals surface area contributed by atoms with E-state index in [-0.39, 0.29) is 11.6 Å². The molecule has 0 spiro atoms. The zero-order chi connectivity index (χ0) is 18.4. The van der Waals surface area contributed by atoms with Gasteiger partial charge in [0.2, 0.25) is 0 Å². The van der Waals surface area contributed by atoms with Crippen LogP contribution in [0.3, 0.4) is 0 Å². The zero-order valence-electron chi connectivity index (χ0n) is 14.4. The Morgan fingerprint density at radius 2 is 1.62 bits per heavy atom. The van der Waals surface area contributed by atoms with Gasteiger partial charge in [0.1, 0.15) is 11.5 Å². The van der Waals surface area contributed by atoms with E-state index >= 15 is 0 Å². The van der Waals surface area contributed by atoms with Crippen LogP contribution in [0, 0.1) is 0 Å². The highest BCUT2D eigenvalue weighted by molar-refractivity contribution is 6.02. The normalized spacial score (nSPS) is 10.1. The number of rotatable bonds is 6. The van der Waals surface area contributed by atoms with Gasteiger partial charge >= 0.3 is 0 Å². The maximum Gasteiger partial charge on any atom is 0.276 e. The number of nitrogens with zero attached hydrogens (tertiary/aromatic N) is 2. The van der Waals surface area contributed by atoms with Crippen LogP contribution in [0.1, 0.15) is 10.5 Å². The minimum Gasteiger partial charge on any atom is -0.497 e. The van der Waals surface area contributed by atoms with E-state index in [1.165, 1.54) is 0 Å². The van der Waals surface area contributed by atoms with Crippen LogP contribution >= 0.6 is 0 Å². The Morgan fingerprint density at radius 1 is 0.846 bits per heavy atom. The van der Waals surface area contributed by atoms with Gasteiger partial charge in [0.05, 0.1) is 14.2 Å². The van der Waals surface area contributed by atoms with E-state index in [9.17, 15) is 4.79 Å². The summed E-state index contributed by atoms with van der Waals surface area (Å²) in [6.07, 6.45) is 0. The Morgan fingerprint density at radius 3 is 2.27 bits per heavy atom. The monoisotopic (exact) mass is 350 g/mol. The number of ether oxygens (including phenoxy) is 2. The van der Waals surface area contributed by atoms with Gasteiger partial charge in [-0.25, -0.2) is 0 Å². The molecule has 1 amide bonds. The molecule has 0 bridgehead atoms. The maximum absolute atomic E-state index is 12.3. The Hall–Kier alpha value is -3.61. The van der Waals surface area contributed by atoms with Crippen LogP contribution < -0.4 is 20.1 Å². The average Bonchev–Trinajstić information content (AvgIpc) is 2.69. The van der Waals surface area contributed by atoms with Crippen LogP contribution in [-0.4, -0.2) is 30.3 Å². The molecule has 0 fully saturated rings. The summed E-state index contributed by atoms with van der Waals surface area (Å²) < 4.78 is 10.3. The van der Waals surface area contributed by atoms with E-state index in [1.54, 1.807) is 50.6 Å². The van der Waals surface area contributed by atoms with Crippen LogP contribution in [0.15, 0.2) is 60.7 Å². The molecule has 0 saturated carbocycles. The van der Waals surface area contributed by atoms with Crippen molar-refractivity contribution in [3.63, 3.8) is 0 Å². The number of carbonyl (C=O) groups excluding carboxylic acids is 1. The molecule has 26 heavy (non-hydrogen) atoms. The van der Waals surface area contributed by atoms with Crippen molar-refractivity contribution in [3.05, 3.63) is 66.4 Å².